The molecule has 0 fully saturated rings. The summed E-state index contributed by atoms with van der Waals surface area (Å²) >= 11 is 13.0. The van der Waals surface area contributed by atoms with Crippen molar-refractivity contribution in [3.8, 4) is 5.69 Å². The molecule has 0 radical (unpaired) electrons. The first kappa shape index (κ1) is 22.3. The van der Waals surface area contributed by atoms with Crippen molar-refractivity contribution in [2.75, 3.05) is 11.1 Å². The molecule has 4 aromatic rings. The number of thioether (sulfide) groups is 1. The number of amides is 1. The van der Waals surface area contributed by atoms with Gasteiger partial charge in [-0.1, -0.05) is 53.2 Å². The zero-order chi connectivity index (χ0) is 22.8. The van der Waals surface area contributed by atoms with Crippen LogP contribution in [0, 0.1) is 11.6 Å². The van der Waals surface area contributed by atoms with Gasteiger partial charge in [-0.05, 0) is 36.4 Å². The number of halogens is 4. The van der Waals surface area contributed by atoms with Gasteiger partial charge in [0.15, 0.2) is 5.16 Å². The lowest BCUT2D eigenvalue weighted by molar-refractivity contribution is -0.113. The third-order valence-corrected chi connectivity index (χ3v) is 6.21. The van der Waals surface area contributed by atoms with Crippen molar-refractivity contribution >= 4 is 57.5 Å². The van der Waals surface area contributed by atoms with Crippen LogP contribution in [0.15, 0.2) is 70.6 Å². The molecule has 1 amide bonds. The minimum Gasteiger partial charge on any atom is -0.324 e. The Labute approximate surface area is 195 Å². The number of aromatic nitrogens is 2. The molecule has 0 aliphatic heterocycles. The van der Waals surface area contributed by atoms with Gasteiger partial charge in [-0.2, -0.15) is 0 Å². The molecule has 1 aromatic heterocycles. The van der Waals surface area contributed by atoms with Crippen LogP contribution in [0.4, 0.5) is 14.5 Å². The zero-order valence-electron chi connectivity index (χ0n) is 16.1. The predicted octanol–water partition coefficient (Wildman–Crippen LogP) is 5.70. The van der Waals surface area contributed by atoms with Gasteiger partial charge in [0.1, 0.15) is 11.6 Å². The zero-order valence-corrected chi connectivity index (χ0v) is 18.4. The summed E-state index contributed by atoms with van der Waals surface area (Å²) in [5.74, 6) is -2.30. The fraction of sp³-hybridized carbons (Fsp3) is 0.0455. The fourth-order valence-electron chi connectivity index (χ4n) is 3.00. The van der Waals surface area contributed by atoms with Crippen molar-refractivity contribution in [3.05, 3.63) is 92.7 Å². The van der Waals surface area contributed by atoms with E-state index >= 15 is 0 Å². The summed E-state index contributed by atoms with van der Waals surface area (Å²) < 4.78 is 29.0. The summed E-state index contributed by atoms with van der Waals surface area (Å²) in [5, 5.41) is 3.45. The number of carbonyl (C=O) groups is 1. The molecule has 1 N–H and O–H groups in total. The number of para-hydroxylation sites is 1. The summed E-state index contributed by atoms with van der Waals surface area (Å²) in [5.41, 5.74) is 0.00705. The molecule has 0 atom stereocenters. The summed E-state index contributed by atoms with van der Waals surface area (Å²) in [4.78, 5) is 30.0. The number of hydrogen-bond acceptors (Lipinski definition) is 4. The fourth-order valence-corrected chi connectivity index (χ4v) is 4.15. The van der Waals surface area contributed by atoms with E-state index in [0.717, 1.165) is 28.5 Å². The highest BCUT2D eigenvalue weighted by Crippen LogP contribution is 2.30. The van der Waals surface area contributed by atoms with Gasteiger partial charge < -0.3 is 5.32 Å². The lowest BCUT2D eigenvalue weighted by atomic mass is 10.2. The van der Waals surface area contributed by atoms with Gasteiger partial charge in [0.25, 0.3) is 5.56 Å². The Kier molecular flexibility index (Phi) is 6.45. The maximum Gasteiger partial charge on any atom is 0.266 e. The first-order chi connectivity index (χ1) is 15.3. The second kappa shape index (κ2) is 9.28. The molecule has 4 rings (SSSR count). The van der Waals surface area contributed by atoms with Crippen molar-refractivity contribution in [2.45, 2.75) is 5.16 Å². The molecule has 32 heavy (non-hydrogen) atoms. The van der Waals surface area contributed by atoms with E-state index in [1.54, 1.807) is 42.5 Å². The van der Waals surface area contributed by atoms with E-state index in [9.17, 15) is 18.4 Å². The van der Waals surface area contributed by atoms with Gasteiger partial charge in [0.05, 0.1) is 38.1 Å². The molecule has 0 aliphatic carbocycles. The smallest absolute Gasteiger partial charge is 0.266 e. The normalized spacial score (nSPS) is 11.0. The van der Waals surface area contributed by atoms with Gasteiger partial charge in [0, 0.05) is 6.07 Å². The van der Waals surface area contributed by atoms with Crippen LogP contribution >= 0.6 is 35.0 Å². The number of nitrogens with one attached hydrogen (secondary N) is 1. The van der Waals surface area contributed by atoms with Crippen molar-refractivity contribution < 1.29 is 13.6 Å². The molecule has 0 spiro atoms. The number of nitrogens with zero attached hydrogens (tertiary/aromatic N) is 2. The van der Waals surface area contributed by atoms with Crippen LogP contribution < -0.4 is 10.9 Å². The van der Waals surface area contributed by atoms with E-state index in [1.807, 2.05) is 0 Å². The molecule has 0 bridgehead atoms. The van der Waals surface area contributed by atoms with Crippen molar-refractivity contribution in [3.63, 3.8) is 0 Å². The predicted molar refractivity (Wildman–Crippen MR) is 123 cm³/mol. The summed E-state index contributed by atoms with van der Waals surface area (Å²) in [7, 11) is 0. The second-order valence-electron chi connectivity index (χ2n) is 6.59. The average Bonchev–Trinajstić information content (AvgIpc) is 2.76. The maximum atomic E-state index is 14.5. The molecule has 1 heterocycles. The minimum absolute atomic E-state index is 0.0755. The Hall–Kier alpha value is -2.94. The number of rotatable bonds is 5. The van der Waals surface area contributed by atoms with E-state index in [4.69, 9.17) is 23.2 Å². The molecule has 162 valence electrons. The Bertz CT molecular complexity index is 1410. The molecule has 0 unspecified atom stereocenters. The Morgan fingerprint density at radius 2 is 1.84 bits per heavy atom. The summed E-state index contributed by atoms with van der Waals surface area (Å²) in [6, 6.07) is 14.3. The number of hydrogen-bond donors (Lipinski definition) is 1. The number of benzene rings is 3. The van der Waals surface area contributed by atoms with E-state index < -0.39 is 23.1 Å². The quantitative estimate of drug-likeness (QED) is 0.287. The van der Waals surface area contributed by atoms with Gasteiger partial charge >= 0.3 is 0 Å². The highest BCUT2D eigenvalue weighted by Gasteiger charge is 2.18. The number of fused-ring (bicyclic) bond motifs is 1. The van der Waals surface area contributed by atoms with Crippen LogP contribution in [0.2, 0.25) is 10.0 Å². The molecule has 10 heteroatoms. The van der Waals surface area contributed by atoms with Crippen molar-refractivity contribution in [2.24, 2.45) is 0 Å². The van der Waals surface area contributed by atoms with Crippen LogP contribution in [0.3, 0.4) is 0 Å². The molecule has 0 saturated heterocycles. The lowest BCUT2D eigenvalue weighted by Crippen LogP contribution is -2.23. The van der Waals surface area contributed by atoms with Crippen LogP contribution in [0.1, 0.15) is 0 Å². The molecule has 5 nitrogen and oxygen atoms in total. The van der Waals surface area contributed by atoms with E-state index in [-0.39, 0.29) is 32.0 Å². The third kappa shape index (κ3) is 4.48. The molecule has 3 aromatic carbocycles. The third-order valence-electron chi connectivity index (χ3n) is 4.45. The van der Waals surface area contributed by atoms with E-state index in [2.05, 4.69) is 10.3 Å². The lowest BCUT2D eigenvalue weighted by Gasteiger charge is -2.14. The molecule has 0 saturated carbocycles. The van der Waals surface area contributed by atoms with Gasteiger partial charge in [-0.3, -0.25) is 14.2 Å². The van der Waals surface area contributed by atoms with Gasteiger partial charge in [-0.25, -0.2) is 13.8 Å². The highest BCUT2D eigenvalue weighted by atomic mass is 35.5. The minimum atomic E-state index is -0.929. The van der Waals surface area contributed by atoms with Crippen molar-refractivity contribution in [1.29, 1.82) is 0 Å². The van der Waals surface area contributed by atoms with Crippen LogP contribution in [0.25, 0.3) is 16.6 Å². The topological polar surface area (TPSA) is 64.0 Å². The monoisotopic (exact) mass is 491 g/mol. The Morgan fingerprint density at radius 3 is 2.62 bits per heavy atom. The number of carbonyl (C=O) groups excluding carboxylic acids is 1. The first-order valence-electron chi connectivity index (χ1n) is 9.19. The Morgan fingerprint density at radius 1 is 1.06 bits per heavy atom. The number of anilines is 1. The average molecular weight is 492 g/mol. The second-order valence-corrected chi connectivity index (χ2v) is 8.31. The highest BCUT2D eigenvalue weighted by molar-refractivity contribution is 7.99. The van der Waals surface area contributed by atoms with E-state index in [1.165, 1.54) is 0 Å². The summed E-state index contributed by atoms with van der Waals surface area (Å²) in [6.07, 6.45) is 0. The van der Waals surface area contributed by atoms with Crippen molar-refractivity contribution in [1.82, 2.24) is 9.55 Å². The van der Waals surface area contributed by atoms with E-state index in [0.29, 0.717) is 17.3 Å². The summed E-state index contributed by atoms with van der Waals surface area (Å²) in [6.45, 7) is 0. The van der Waals surface area contributed by atoms with Crippen LogP contribution in [-0.2, 0) is 4.79 Å². The molecular formula is C22H13Cl2F2N3O2S. The molecular weight excluding hydrogens is 479 g/mol. The van der Waals surface area contributed by atoms with Crippen LogP contribution in [-0.4, -0.2) is 21.2 Å². The van der Waals surface area contributed by atoms with Crippen LogP contribution in [0.5, 0.6) is 0 Å². The van der Waals surface area contributed by atoms with Gasteiger partial charge in [-0.15, -0.1) is 0 Å². The first-order valence-corrected chi connectivity index (χ1v) is 10.9. The largest absolute Gasteiger partial charge is 0.324 e. The molecule has 0 aliphatic rings. The van der Waals surface area contributed by atoms with Gasteiger partial charge in [0.2, 0.25) is 5.91 Å². The Balaban J connectivity index is 1.70. The standard InChI is InChI=1S/C22H13Cl2F2N3O2S/c23-14-5-3-7-17(20(14)24)27-19(30)11-32-22-28-16-6-2-1-4-13(16)21(31)29(22)18-9-8-12(25)10-15(18)26/h1-10H,11H2,(H,27,30). The SMILES string of the molecule is O=C(CSc1nc2ccccc2c(=O)n1-c1ccc(F)cc1F)Nc1cccc(Cl)c1Cl. The maximum absolute atomic E-state index is 14.5.